The van der Waals surface area contributed by atoms with Crippen molar-refractivity contribution in [1.29, 1.82) is 10.5 Å². The Labute approximate surface area is 159 Å². The van der Waals surface area contributed by atoms with Crippen molar-refractivity contribution < 1.29 is 9.13 Å². The number of anilines is 1. The molecule has 0 unspecified atom stereocenters. The highest BCUT2D eigenvalue weighted by Gasteiger charge is 2.16. The van der Waals surface area contributed by atoms with Crippen molar-refractivity contribution in [2.45, 2.75) is 13.3 Å². The second kappa shape index (κ2) is 7.60. The summed E-state index contributed by atoms with van der Waals surface area (Å²) >= 11 is 0. The van der Waals surface area contributed by atoms with Gasteiger partial charge in [-0.25, -0.2) is 9.49 Å². The van der Waals surface area contributed by atoms with E-state index in [1.54, 1.807) is 13.0 Å². The fourth-order valence-corrected chi connectivity index (χ4v) is 2.60. The van der Waals surface area contributed by atoms with Crippen LogP contribution in [0.5, 0.6) is 11.5 Å². The first kappa shape index (κ1) is 18.6. The minimum Gasteiger partial charge on any atom is -0.452 e. The Bertz CT molecular complexity index is 1170. The molecule has 1 heterocycles. The van der Waals surface area contributed by atoms with Crippen LogP contribution in [-0.4, -0.2) is 10.2 Å². The van der Waals surface area contributed by atoms with Gasteiger partial charge in [0.25, 0.3) is 5.56 Å². The molecule has 0 saturated carbocycles. The molecule has 7 nitrogen and oxygen atoms in total. The maximum absolute atomic E-state index is 15.0. The number of rotatable bonds is 4. The number of halogens is 1. The fraction of sp³-hybridized carbons (Fsp3) is 0.100. The van der Waals surface area contributed by atoms with E-state index >= 15 is 4.39 Å². The number of nitriles is 2. The molecule has 0 amide bonds. The third kappa shape index (κ3) is 3.81. The van der Waals surface area contributed by atoms with Gasteiger partial charge in [-0.2, -0.15) is 15.6 Å². The van der Waals surface area contributed by atoms with Crippen LogP contribution < -0.4 is 16.0 Å². The number of aromatic nitrogens is 2. The molecule has 1 aromatic heterocycles. The summed E-state index contributed by atoms with van der Waals surface area (Å²) in [5.41, 5.74) is 7.23. The van der Waals surface area contributed by atoms with Crippen molar-refractivity contribution in [1.82, 2.24) is 10.2 Å². The summed E-state index contributed by atoms with van der Waals surface area (Å²) in [6.07, 6.45) is 0.113. The van der Waals surface area contributed by atoms with Crippen molar-refractivity contribution in [3.63, 3.8) is 0 Å². The highest BCUT2D eigenvalue weighted by atomic mass is 19.1. The van der Waals surface area contributed by atoms with Gasteiger partial charge in [-0.1, -0.05) is 6.07 Å². The monoisotopic (exact) mass is 375 g/mol. The third-order valence-corrected chi connectivity index (χ3v) is 4.01. The second-order valence-corrected chi connectivity index (χ2v) is 6.08. The third-order valence-electron chi connectivity index (χ3n) is 4.01. The molecule has 0 fully saturated rings. The summed E-state index contributed by atoms with van der Waals surface area (Å²) in [6, 6.07) is 12.6. The Morgan fingerprint density at radius 1 is 1.18 bits per heavy atom. The smallest absolute Gasteiger partial charge is 0.267 e. The zero-order valence-corrected chi connectivity index (χ0v) is 14.8. The van der Waals surface area contributed by atoms with Crippen LogP contribution >= 0.6 is 0 Å². The van der Waals surface area contributed by atoms with Crippen LogP contribution in [0.1, 0.15) is 27.9 Å². The first-order valence-electron chi connectivity index (χ1n) is 8.16. The summed E-state index contributed by atoms with van der Waals surface area (Å²) in [4.78, 5) is 11.4. The minimum atomic E-state index is -0.688. The largest absolute Gasteiger partial charge is 0.452 e. The van der Waals surface area contributed by atoms with Gasteiger partial charge in [0.1, 0.15) is 5.75 Å². The number of hydrogen-bond donors (Lipinski definition) is 2. The Hall–Kier alpha value is -4.17. The van der Waals surface area contributed by atoms with Crippen molar-refractivity contribution in [3.05, 3.63) is 80.5 Å². The first-order chi connectivity index (χ1) is 13.4. The molecule has 3 aromatic rings. The number of nitrogens with one attached hydrogen (secondary N) is 1. The van der Waals surface area contributed by atoms with Gasteiger partial charge in [-0.15, -0.1) is 0 Å². The number of nitrogens with two attached hydrogens (primary N) is 1. The number of nitrogen functional groups attached to an aromatic ring is 1. The van der Waals surface area contributed by atoms with Gasteiger partial charge >= 0.3 is 0 Å². The number of aryl methyl sites for hydroxylation is 1. The minimum absolute atomic E-state index is 0.0627. The average molecular weight is 375 g/mol. The summed E-state index contributed by atoms with van der Waals surface area (Å²) in [7, 11) is 0. The molecule has 0 saturated heterocycles. The van der Waals surface area contributed by atoms with E-state index in [0.29, 0.717) is 11.3 Å². The quantitative estimate of drug-likeness (QED) is 0.675. The van der Waals surface area contributed by atoms with Gasteiger partial charge in [0.2, 0.25) is 0 Å². The van der Waals surface area contributed by atoms with Gasteiger partial charge in [0, 0.05) is 12.0 Å². The second-order valence-electron chi connectivity index (χ2n) is 6.08. The van der Waals surface area contributed by atoms with Crippen molar-refractivity contribution in [3.8, 4) is 23.6 Å². The van der Waals surface area contributed by atoms with E-state index in [1.165, 1.54) is 30.3 Å². The molecule has 0 aliphatic rings. The van der Waals surface area contributed by atoms with E-state index in [4.69, 9.17) is 21.0 Å². The van der Waals surface area contributed by atoms with Crippen LogP contribution in [0.15, 0.2) is 41.2 Å². The van der Waals surface area contributed by atoms with E-state index in [2.05, 4.69) is 10.2 Å². The molecular formula is C20H14FN5O2. The summed E-state index contributed by atoms with van der Waals surface area (Å²) in [6.45, 7) is 1.63. The Morgan fingerprint density at radius 3 is 2.46 bits per heavy atom. The maximum atomic E-state index is 15.0. The summed E-state index contributed by atoms with van der Waals surface area (Å²) < 4.78 is 20.6. The van der Waals surface area contributed by atoms with Gasteiger partial charge in [-0.3, -0.25) is 4.79 Å². The van der Waals surface area contributed by atoms with Crippen LogP contribution in [-0.2, 0) is 6.42 Å². The van der Waals surface area contributed by atoms with E-state index < -0.39 is 5.82 Å². The van der Waals surface area contributed by atoms with Gasteiger partial charge < -0.3 is 10.5 Å². The molecule has 3 N–H and O–H groups in total. The molecule has 28 heavy (non-hydrogen) atoms. The highest BCUT2D eigenvalue weighted by Crippen LogP contribution is 2.33. The molecule has 0 aliphatic heterocycles. The van der Waals surface area contributed by atoms with Crippen LogP contribution in [0.2, 0.25) is 0 Å². The Kier molecular flexibility index (Phi) is 5.05. The molecular weight excluding hydrogens is 361 g/mol. The van der Waals surface area contributed by atoms with Crippen molar-refractivity contribution in [2.24, 2.45) is 0 Å². The number of nitrogens with zero attached hydrogens (tertiary/aromatic N) is 3. The van der Waals surface area contributed by atoms with Crippen LogP contribution in [0.3, 0.4) is 0 Å². The van der Waals surface area contributed by atoms with Crippen LogP contribution in [0.4, 0.5) is 10.1 Å². The predicted octanol–water partition coefficient (Wildman–Crippen LogP) is 2.93. The lowest BCUT2D eigenvalue weighted by Crippen LogP contribution is -2.13. The Balaban J connectivity index is 1.98. The number of ether oxygens (including phenoxy) is 1. The Morgan fingerprint density at radius 2 is 1.86 bits per heavy atom. The van der Waals surface area contributed by atoms with Crippen molar-refractivity contribution >= 4 is 5.69 Å². The van der Waals surface area contributed by atoms with Crippen LogP contribution in [0.25, 0.3) is 0 Å². The maximum Gasteiger partial charge on any atom is 0.267 e. The zero-order chi connectivity index (χ0) is 20.3. The lowest BCUT2D eigenvalue weighted by Gasteiger charge is -2.13. The van der Waals surface area contributed by atoms with Gasteiger partial charge in [0.15, 0.2) is 11.6 Å². The lowest BCUT2D eigenvalue weighted by molar-refractivity contribution is 0.441. The predicted molar refractivity (Wildman–Crippen MR) is 99.2 cm³/mol. The highest BCUT2D eigenvalue weighted by molar-refractivity contribution is 5.58. The molecule has 0 atom stereocenters. The summed E-state index contributed by atoms with van der Waals surface area (Å²) in [5, 5.41) is 24.4. The first-order valence-corrected chi connectivity index (χ1v) is 8.16. The van der Waals surface area contributed by atoms with Crippen LogP contribution in [0, 0.1) is 35.4 Å². The van der Waals surface area contributed by atoms with Gasteiger partial charge in [0.05, 0.1) is 34.6 Å². The standard InChI is InChI=1S/C20H14FN5O2/c1-11-4-15(25-26-20(11)27)8-14-2-3-17(24)19(18(14)21)28-16-6-12(9-22)5-13(7-16)10-23/h2-7H,8,24H2,1H3,(H,26,27). The van der Waals surface area contributed by atoms with Gasteiger partial charge in [-0.05, 0) is 42.8 Å². The molecule has 2 aromatic carbocycles. The van der Waals surface area contributed by atoms with E-state index in [0.717, 1.165) is 0 Å². The van der Waals surface area contributed by atoms with E-state index in [1.807, 2.05) is 12.1 Å². The molecule has 138 valence electrons. The molecule has 0 aliphatic carbocycles. The lowest BCUT2D eigenvalue weighted by atomic mass is 10.1. The SMILES string of the molecule is Cc1cc(Cc2ccc(N)c(Oc3cc(C#N)cc(C#N)c3)c2F)n[nH]c1=O. The molecule has 3 rings (SSSR count). The number of H-pyrrole nitrogens is 1. The molecule has 0 spiro atoms. The summed E-state index contributed by atoms with van der Waals surface area (Å²) in [5.74, 6) is -0.777. The zero-order valence-electron chi connectivity index (χ0n) is 14.8. The molecule has 8 heteroatoms. The van der Waals surface area contributed by atoms with E-state index in [-0.39, 0.29) is 45.9 Å². The topological polar surface area (TPSA) is 129 Å². The number of benzene rings is 2. The number of hydrogen-bond acceptors (Lipinski definition) is 6. The number of aromatic amines is 1. The average Bonchev–Trinajstić information content (AvgIpc) is 2.69. The van der Waals surface area contributed by atoms with Crippen molar-refractivity contribution in [2.75, 3.05) is 5.73 Å². The normalized spacial score (nSPS) is 10.1. The fourth-order valence-electron chi connectivity index (χ4n) is 2.60. The van der Waals surface area contributed by atoms with E-state index in [9.17, 15) is 4.79 Å². The molecule has 0 radical (unpaired) electrons. The molecule has 0 bridgehead atoms.